The second kappa shape index (κ2) is 9.77. The molecule has 3 nitrogen and oxygen atoms in total. The Kier molecular flexibility index (Phi) is 7.70. The van der Waals surface area contributed by atoms with Crippen LogP contribution in [-0.4, -0.2) is 23.8 Å². The Morgan fingerprint density at radius 3 is 2.62 bits per heavy atom. The average molecular weight is 336 g/mol. The molecule has 1 fully saturated rings. The van der Waals surface area contributed by atoms with Gasteiger partial charge < -0.3 is 9.84 Å². The molecule has 0 atom stereocenters. The van der Waals surface area contributed by atoms with Crippen molar-refractivity contribution >= 4 is 5.97 Å². The van der Waals surface area contributed by atoms with E-state index in [4.69, 9.17) is 9.84 Å². The smallest absolute Gasteiger partial charge is 0.338 e. The Balaban J connectivity index is 1.69. The molecule has 0 bridgehead atoms. The highest BCUT2D eigenvalue weighted by molar-refractivity contribution is 5.87. The summed E-state index contributed by atoms with van der Waals surface area (Å²) in [7, 11) is 0. The number of hydrogen-bond donors (Lipinski definition) is 1. The lowest BCUT2D eigenvalue weighted by molar-refractivity contribution is 0.0155. The molecule has 1 saturated carbocycles. The molecule has 1 aliphatic carbocycles. The lowest BCUT2D eigenvalue weighted by Crippen LogP contribution is -2.22. The number of carboxylic acid groups (broad SMARTS) is 1. The topological polar surface area (TPSA) is 46.5 Å². The van der Waals surface area contributed by atoms with Crippen LogP contribution in [0.15, 0.2) is 18.2 Å². The van der Waals surface area contributed by atoms with Crippen LogP contribution >= 0.6 is 0 Å². The molecule has 1 N–H and O–H groups in total. The Labute approximate surface area is 144 Å². The number of carboxylic acids is 1. The normalized spacial score (nSPS) is 20.9. The number of hydrogen-bond acceptors (Lipinski definition) is 2. The summed E-state index contributed by atoms with van der Waals surface area (Å²) in [5.41, 5.74) is 0.634. The highest BCUT2D eigenvalue weighted by Gasteiger charge is 2.21. The van der Waals surface area contributed by atoms with Gasteiger partial charge in [-0.1, -0.05) is 25.8 Å². The third-order valence-corrected chi connectivity index (χ3v) is 5.00. The Hall–Kier alpha value is -1.42. The number of ether oxygens (including phenoxy) is 1. The van der Waals surface area contributed by atoms with Gasteiger partial charge in [-0.25, -0.2) is 9.18 Å². The Morgan fingerprint density at radius 1 is 1.25 bits per heavy atom. The van der Waals surface area contributed by atoms with E-state index in [2.05, 4.69) is 6.92 Å². The fourth-order valence-electron chi connectivity index (χ4n) is 3.45. The summed E-state index contributed by atoms with van der Waals surface area (Å²) in [4.78, 5) is 10.8. The SMILES string of the molecule is CCCCCOC1CCC(CCc2ccc(C(=O)O)c(F)c2)CC1. The number of aryl methyl sites for hydroxylation is 1. The molecule has 0 radical (unpaired) electrons. The van der Waals surface area contributed by atoms with Gasteiger partial charge in [-0.05, 0) is 68.6 Å². The van der Waals surface area contributed by atoms with Gasteiger partial charge in [0.2, 0.25) is 0 Å². The fourth-order valence-corrected chi connectivity index (χ4v) is 3.45. The van der Waals surface area contributed by atoms with Crippen LogP contribution in [0.1, 0.15) is 74.2 Å². The summed E-state index contributed by atoms with van der Waals surface area (Å²) in [6, 6.07) is 4.47. The number of carbonyl (C=O) groups is 1. The van der Waals surface area contributed by atoms with E-state index in [0.717, 1.165) is 44.3 Å². The molecule has 0 aliphatic heterocycles. The zero-order chi connectivity index (χ0) is 17.4. The molecule has 0 aromatic heterocycles. The van der Waals surface area contributed by atoms with Gasteiger partial charge >= 0.3 is 5.97 Å². The van der Waals surface area contributed by atoms with Crippen LogP contribution in [0, 0.1) is 11.7 Å². The summed E-state index contributed by atoms with van der Waals surface area (Å²) >= 11 is 0. The minimum atomic E-state index is -1.21. The number of aromatic carboxylic acids is 1. The predicted molar refractivity (Wildman–Crippen MR) is 92.9 cm³/mol. The Morgan fingerprint density at radius 2 is 2.00 bits per heavy atom. The highest BCUT2D eigenvalue weighted by Crippen LogP contribution is 2.30. The first-order valence-electron chi connectivity index (χ1n) is 9.23. The largest absolute Gasteiger partial charge is 0.478 e. The molecule has 4 heteroatoms. The zero-order valence-electron chi connectivity index (χ0n) is 14.6. The monoisotopic (exact) mass is 336 g/mol. The van der Waals surface area contributed by atoms with Gasteiger partial charge in [0.15, 0.2) is 0 Å². The van der Waals surface area contributed by atoms with Crippen molar-refractivity contribution in [3.05, 3.63) is 35.1 Å². The first-order chi connectivity index (χ1) is 11.6. The minimum Gasteiger partial charge on any atom is -0.478 e. The van der Waals surface area contributed by atoms with Crippen molar-refractivity contribution in [2.24, 2.45) is 5.92 Å². The van der Waals surface area contributed by atoms with Crippen molar-refractivity contribution < 1.29 is 19.0 Å². The number of unbranched alkanes of at least 4 members (excludes halogenated alkanes) is 2. The molecule has 0 heterocycles. The summed E-state index contributed by atoms with van der Waals surface area (Å²) in [5, 5.41) is 8.85. The number of halogens is 1. The van der Waals surface area contributed by atoms with Crippen molar-refractivity contribution in [2.75, 3.05) is 6.61 Å². The molecule has 1 aromatic carbocycles. The van der Waals surface area contributed by atoms with Gasteiger partial charge in [-0.2, -0.15) is 0 Å². The summed E-state index contributed by atoms with van der Waals surface area (Å²) in [6.45, 7) is 3.09. The molecule has 0 spiro atoms. The second-order valence-corrected chi connectivity index (χ2v) is 6.88. The van der Waals surface area contributed by atoms with E-state index in [0.29, 0.717) is 12.0 Å². The standard InChI is InChI=1S/C20H29FO3/c1-2-3-4-13-24-17-10-7-15(8-11-17)5-6-16-9-12-18(20(22)23)19(21)14-16/h9,12,14-15,17H,2-8,10-11,13H2,1H3,(H,22,23). The van der Waals surface area contributed by atoms with Gasteiger partial charge in [0.1, 0.15) is 5.82 Å². The first-order valence-corrected chi connectivity index (χ1v) is 9.23. The lowest BCUT2D eigenvalue weighted by Gasteiger charge is -2.28. The molecule has 1 aromatic rings. The third-order valence-electron chi connectivity index (χ3n) is 5.00. The maximum Gasteiger partial charge on any atom is 0.338 e. The summed E-state index contributed by atoms with van der Waals surface area (Å²) < 4.78 is 19.6. The minimum absolute atomic E-state index is 0.250. The van der Waals surface area contributed by atoms with E-state index in [1.54, 1.807) is 6.07 Å². The molecule has 134 valence electrons. The molecular formula is C20H29FO3. The van der Waals surface area contributed by atoms with E-state index in [1.165, 1.54) is 37.8 Å². The van der Waals surface area contributed by atoms with Crippen molar-refractivity contribution in [1.29, 1.82) is 0 Å². The van der Waals surface area contributed by atoms with Crippen LogP contribution < -0.4 is 0 Å². The summed E-state index contributed by atoms with van der Waals surface area (Å²) in [5.74, 6) is -1.18. The Bertz CT molecular complexity index is 522. The van der Waals surface area contributed by atoms with Crippen molar-refractivity contribution in [1.82, 2.24) is 0 Å². The highest BCUT2D eigenvalue weighted by atomic mass is 19.1. The number of benzene rings is 1. The van der Waals surface area contributed by atoms with Crippen LogP contribution in [0.4, 0.5) is 4.39 Å². The maximum atomic E-state index is 13.7. The quantitative estimate of drug-likeness (QED) is 0.629. The van der Waals surface area contributed by atoms with Crippen LogP contribution in [0.3, 0.4) is 0 Å². The van der Waals surface area contributed by atoms with E-state index < -0.39 is 11.8 Å². The first kappa shape index (κ1) is 18.9. The van der Waals surface area contributed by atoms with Crippen LogP contribution in [0.25, 0.3) is 0 Å². The van der Waals surface area contributed by atoms with Gasteiger partial charge in [0, 0.05) is 6.61 Å². The zero-order valence-corrected chi connectivity index (χ0v) is 14.6. The lowest BCUT2D eigenvalue weighted by atomic mass is 9.83. The van der Waals surface area contributed by atoms with E-state index in [-0.39, 0.29) is 5.56 Å². The van der Waals surface area contributed by atoms with E-state index >= 15 is 0 Å². The van der Waals surface area contributed by atoms with Gasteiger partial charge in [0.05, 0.1) is 11.7 Å². The fraction of sp³-hybridized carbons (Fsp3) is 0.650. The van der Waals surface area contributed by atoms with Crippen LogP contribution in [0.5, 0.6) is 0 Å². The number of rotatable bonds is 9. The average Bonchev–Trinajstić information content (AvgIpc) is 2.57. The molecular weight excluding hydrogens is 307 g/mol. The molecule has 24 heavy (non-hydrogen) atoms. The molecule has 0 amide bonds. The van der Waals surface area contributed by atoms with Gasteiger partial charge in [-0.15, -0.1) is 0 Å². The van der Waals surface area contributed by atoms with Crippen molar-refractivity contribution in [2.45, 2.75) is 70.8 Å². The third kappa shape index (κ3) is 5.90. The predicted octanol–water partition coefficient (Wildman–Crippen LogP) is 5.22. The van der Waals surface area contributed by atoms with Crippen molar-refractivity contribution in [3.8, 4) is 0 Å². The molecule has 0 unspecified atom stereocenters. The van der Waals surface area contributed by atoms with Crippen LogP contribution in [-0.2, 0) is 11.2 Å². The van der Waals surface area contributed by atoms with E-state index in [9.17, 15) is 9.18 Å². The van der Waals surface area contributed by atoms with E-state index in [1.807, 2.05) is 0 Å². The molecule has 0 saturated heterocycles. The maximum absolute atomic E-state index is 13.7. The molecule has 1 aliphatic rings. The second-order valence-electron chi connectivity index (χ2n) is 6.88. The van der Waals surface area contributed by atoms with Gasteiger partial charge in [-0.3, -0.25) is 0 Å². The summed E-state index contributed by atoms with van der Waals surface area (Å²) in [6.07, 6.45) is 10.5. The van der Waals surface area contributed by atoms with Crippen molar-refractivity contribution in [3.63, 3.8) is 0 Å². The molecule has 2 rings (SSSR count). The van der Waals surface area contributed by atoms with Gasteiger partial charge in [0.25, 0.3) is 0 Å². The van der Waals surface area contributed by atoms with Crippen LogP contribution in [0.2, 0.25) is 0 Å².